The molecule has 1 aromatic carbocycles. The quantitative estimate of drug-likeness (QED) is 0.656. The zero-order valence-electron chi connectivity index (χ0n) is 10.1. The van der Waals surface area contributed by atoms with Gasteiger partial charge < -0.3 is 5.73 Å². The summed E-state index contributed by atoms with van der Waals surface area (Å²) in [5, 5.41) is 8.37. The number of nitrogen functional groups attached to an aromatic ring is 1. The van der Waals surface area contributed by atoms with Crippen molar-refractivity contribution < 1.29 is 8.42 Å². The molecule has 6 nitrogen and oxygen atoms in total. The van der Waals surface area contributed by atoms with Crippen molar-refractivity contribution in [3.63, 3.8) is 0 Å². The lowest BCUT2D eigenvalue weighted by atomic mass is 10.3. The zero-order chi connectivity index (χ0) is 13.9. The lowest BCUT2D eigenvalue weighted by Crippen LogP contribution is -2.14. The van der Waals surface area contributed by atoms with Crippen molar-refractivity contribution in [1.29, 1.82) is 0 Å². The standard InChI is InChI=1S/C11H12N4O2S2/c1-18-11-7-6-10(13-14-11)15-19(16,17)9-4-2-8(12)3-5-9/h2-7H,12H2,1H3,(H,13,15). The van der Waals surface area contributed by atoms with E-state index in [9.17, 15) is 8.42 Å². The van der Waals surface area contributed by atoms with Gasteiger partial charge in [0.05, 0.1) is 4.90 Å². The van der Waals surface area contributed by atoms with Gasteiger partial charge in [-0.3, -0.25) is 4.72 Å². The van der Waals surface area contributed by atoms with Crippen molar-refractivity contribution in [3.8, 4) is 0 Å². The van der Waals surface area contributed by atoms with E-state index >= 15 is 0 Å². The molecule has 1 aromatic heterocycles. The molecule has 2 aromatic rings. The fourth-order valence-electron chi connectivity index (χ4n) is 1.33. The van der Waals surface area contributed by atoms with Crippen LogP contribution in [0.25, 0.3) is 0 Å². The Kier molecular flexibility index (Phi) is 3.91. The number of nitrogens with two attached hydrogens (primary N) is 1. The topological polar surface area (TPSA) is 98.0 Å². The van der Waals surface area contributed by atoms with Gasteiger partial charge in [0.25, 0.3) is 10.0 Å². The van der Waals surface area contributed by atoms with Crippen LogP contribution in [-0.2, 0) is 10.0 Å². The molecule has 0 unspecified atom stereocenters. The van der Waals surface area contributed by atoms with E-state index in [0.29, 0.717) is 5.69 Å². The first-order valence-electron chi connectivity index (χ1n) is 5.27. The Morgan fingerprint density at radius 1 is 1.11 bits per heavy atom. The molecule has 3 N–H and O–H groups in total. The average molecular weight is 296 g/mol. The number of aromatic nitrogens is 2. The summed E-state index contributed by atoms with van der Waals surface area (Å²) in [6.07, 6.45) is 1.86. The van der Waals surface area contributed by atoms with E-state index < -0.39 is 10.0 Å². The van der Waals surface area contributed by atoms with Gasteiger partial charge in [0.2, 0.25) is 0 Å². The molecule has 0 atom stereocenters. The van der Waals surface area contributed by atoms with Crippen molar-refractivity contribution in [3.05, 3.63) is 36.4 Å². The third-order valence-corrected chi connectivity index (χ3v) is 4.29. The molecule has 0 fully saturated rings. The molecule has 0 bridgehead atoms. The maximum atomic E-state index is 12.0. The Hall–Kier alpha value is -1.80. The van der Waals surface area contributed by atoms with E-state index in [0.717, 1.165) is 5.03 Å². The average Bonchev–Trinajstić information content (AvgIpc) is 2.40. The Morgan fingerprint density at radius 2 is 1.79 bits per heavy atom. The highest BCUT2D eigenvalue weighted by Gasteiger charge is 2.14. The first kappa shape index (κ1) is 13.6. The van der Waals surface area contributed by atoms with Gasteiger partial charge in [0, 0.05) is 5.69 Å². The van der Waals surface area contributed by atoms with Gasteiger partial charge in [-0.1, -0.05) is 0 Å². The molecule has 0 amide bonds. The highest BCUT2D eigenvalue weighted by atomic mass is 32.2. The molecular formula is C11H12N4O2S2. The largest absolute Gasteiger partial charge is 0.399 e. The van der Waals surface area contributed by atoms with E-state index in [1.54, 1.807) is 12.1 Å². The minimum absolute atomic E-state index is 0.123. The third kappa shape index (κ3) is 3.36. The summed E-state index contributed by atoms with van der Waals surface area (Å²) in [4.78, 5) is 0.123. The van der Waals surface area contributed by atoms with E-state index in [2.05, 4.69) is 14.9 Å². The van der Waals surface area contributed by atoms with Gasteiger partial charge in [-0.2, -0.15) is 0 Å². The second-order valence-corrected chi connectivity index (χ2v) is 6.14. The van der Waals surface area contributed by atoms with Gasteiger partial charge >= 0.3 is 0 Å². The first-order chi connectivity index (χ1) is 9.01. The van der Waals surface area contributed by atoms with Crippen LogP contribution in [0.5, 0.6) is 0 Å². The first-order valence-corrected chi connectivity index (χ1v) is 7.98. The molecule has 100 valence electrons. The summed E-state index contributed by atoms with van der Waals surface area (Å²) in [7, 11) is -3.66. The van der Waals surface area contributed by atoms with Crippen LogP contribution in [0.2, 0.25) is 0 Å². The van der Waals surface area contributed by atoms with Gasteiger partial charge in [0.1, 0.15) is 5.03 Å². The van der Waals surface area contributed by atoms with Crippen molar-refractivity contribution in [2.75, 3.05) is 16.7 Å². The number of sulfonamides is 1. The van der Waals surface area contributed by atoms with E-state index in [-0.39, 0.29) is 10.7 Å². The SMILES string of the molecule is CSc1ccc(NS(=O)(=O)c2ccc(N)cc2)nn1. The van der Waals surface area contributed by atoms with E-state index in [1.165, 1.54) is 36.0 Å². The van der Waals surface area contributed by atoms with E-state index in [1.807, 2.05) is 6.26 Å². The van der Waals surface area contributed by atoms with Crippen LogP contribution in [0.3, 0.4) is 0 Å². The molecule has 0 radical (unpaired) electrons. The fraction of sp³-hybridized carbons (Fsp3) is 0.0909. The molecule has 0 aliphatic carbocycles. The third-order valence-electron chi connectivity index (χ3n) is 2.28. The maximum Gasteiger partial charge on any atom is 0.263 e. The second kappa shape index (κ2) is 5.45. The van der Waals surface area contributed by atoms with Gasteiger partial charge in [-0.05, 0) is 42.7 Å². The Labute approximate surface area is 115 Å². The van der Waals surface area contributed by atoms with Crippen molar-refractivity contribution in [1.82, 2.24) is 10.2 Å². The number of anilines is 2. The summed E-state index contributed by atoms with van der Waals surface area (Å²) >= 11 is 1.43. The van der Waals surface area contributed by atoms with Crippen LogP contribution < -0.4 is 10.5 Å². The Bertz CT molecular complexity index is 654. The molecule has 0 aliphatic rings. The highest BCUT2D eigenvalue weighted by Crippen LogP contribution is 2.17. The normalized spacial score (nSPS) is 11.2. The molecule has 8 heteroatoms. The molecule has 19 heavy (non-hydrogen) atoms. The number of rotatable bonds is 4. The summed E-state index contributed by atoms with van der Waals surface area (Å²) in [5.41, 5.74) is 6.02. The smallest absolute Gasteiger partial charge is 0.263 e. The monoisotopic (exact) mass is 296 g/mol. The number of nitrogens with zero attached hydrogens (tertiary/aromatic N) is 2. The molecule has 2 rings (SSSR count). The maximum absolute atomic E-state index is 12.0. The Morgan fingerprint density at radius 3 is 2.32 bits per heavy atom. The van der Waals surface area contributed by atoms with Gasteiger partial charge in [-0.15, -0.1) is 22.0 Å². The number of benzene rings is 1. The van der Waals surface area contributed by atoms with Crippen LogP contribution in [0, 0.1) is 0 Å². The van der Waals surface area contributed by atoms with Crippen LogP contribution in [0.15, 0.2) is 46.3 Å². The molecule has 1 heterocycles. The van der Waals surface area contributed by atoms with Crippen LogP contribution in [0.4, 0.5) is 11.5 Å². The predicted molar refractivity (Wildman–Crippen MR) is 75.5 cm³/mol. The molecular weight excluding hydrogens is 284 g/mol. The number of nitrogens with one attached hydrogen (secondary N) is 1. The molecule has 0 saturated carbocycles. The van der Waals surface area contributed by atoms with Crippen molar-refractivity contribution >= 4 is 33.3 Å². The van der Waals surface area contributed by atoms with Gasteiger partial charge in [0.15, 0.2) is 5.82 Å². The summed E-state index contributed by atoms with van der Waals surface area (Å²) in [5.74, 6) is 0.176. The molecule has 0 spiro atoms. The number of thioether (sulfide) groups is 1. The van der Waals surface area contributed by atoms with Crippen LogP contribution in [0.1, 0.15) is 0 Å². The predicted octanol–water partition coefficient (Wildman–Crippen LogP) is 1.58. The zero-order valence-corrected chi connectivity index (χ0v) is 11.7. The summed E-state index contributed by atoms with van der Waals surface area (Å²) in [6, 6.07) is 9.17. The number of hydrogen-bond acceptors (Lipinski definition) is 6. The van der Waals surface area contributed by atoms with Crippen molar-refractivity contribution in [2.45, 2.75) is 9.92 Å². The van der Waals surface area contributed by atoms with Crippen LogP contribution in [-0.4, -0.2) is 24.9 Å². The van der Waals surface area contributed by atoms with Crippen molar-refractivity contribution in [2.24, 2.45) is 0 Å². The molecule has 0 saturated heterocycles. The Balaban J connectivity index is 2.23. The number of hydrogen-bond donors (Lipinski definition) is 2. The molecule has 0 aliphatic heterocycles. The van der Waals surface area contributed by atoms with Gasteiger partial charge in [-0.25, -0.2) is 8.42 Å². The lowest BCUT2D eigenvalue weighted by Gasteiger charge is -2.07. The second-order valence-electron chi connectivity index (χ2n) is 3.64. The highest BCUT2D eigenvalue weighted by molar-refractivity contribution is 7.98. The lowest BCUT2D eigenvalue weighted by molar-refractivity contribution is 0.601. The van der Waals surface area contributed by atoms with Crippen LogP contribution >= 0.6 is 11.8 Å². The summed E-state index contributed by atoms with van der Waals surface area (Å²) < 4.78 is 26.4. The minimum Gasteiger partial charge on any atom is -0.399 e. The van der Waals surface area contributed by atoms with E-state index in [4.69, 9.17) is 5.73 Å². The fourth-order valence-corrected chi connectivity index (χ4v) is 2.65. The summed E-state index contributed by atoms with van der Waals surface area (Å²) in [6.45, 7) is 0. The minimum atomic E-state index is -3.66.